The molecule has 0 spiro atoms. The number of alkyl halides is 3. The zero-order valence-electron chi connectivity index (χ0n) is 10.6. The van der Waals surface area contributed by atoms with E-state index in [1.54, 1.807) is 19.2 Å². The minimum absolute atomic E-state index is 0.301. The largest absolute Gasteiger partial charge is 0.416 e. The minimum Gasteiger partial charge on any atom is -0.320 e. The van der Waals surface area contributed by atoms with Gasteiger partial charge in [0.15, 0.2) is 0 Å². The average Bonchev–Trinajstić information content (AvgIpc) is 2.36. The molecule has 1 aromatic heterocycles. The predicted octanol–water partition coefficient (Wildman–Crippen LogP) is 3.60. The molecular weight excluding hydrogens is 272 g/mol. The van der Waals surface area contributed by atoms with Crippen LogP contribution in [0.1, 0.15) is 28.3 Å². The van der Waals surface area contributed by atoms with Crippen molar-refractivity contribution in [1.29, 1.82) is 0 Å². The molecule has 0 saturated carbocycles. The third-order valence-corrected chi connectivity index (χ3v) is 2.91. The monoisotopic (exact) mass is 284 g/mol. The molecule has 0 radical (unpaired) electrons. The second-order valence-electron chi connectivity index (χ2n) is 4.50. The molecule has 0 aliphatic carbocycles. The van der Waals surface area contributed by atoms with Crippen molar-refractivity contribution in [2.24, 2.45) is 5.73 Å². The number of hydrogen-bond acceptors (Lipinski definition) is 2. The summed E-state index contributed by atoms with van der Waals surface area (Å²) in [6.45, 7) is 1.75. The Hall–Kier alpha value is -1.95. The third-order valence-electron chi connectivity index (χ3n) is 2.91. The van der Waals surface area contributed by atoms with Gasteiger partial charge in [-0.1, -0.05) is 6.07 Å². The van der Waals surface area contributed by atoms with Crippen molar-refractivity contribution >= 4 is 0 Å². The van der Waals surface area contributed by atoms with Crippen LogP contribution in [0.5, 0.6) is 0 Å². The fraction of sp³-hybridized carbons (Fsp3) is 0.214. The van der Waals surface area contributed by atoms with Crippen LogP contribution in [-0.2, 0) is 6.18 Å². The lowest BCUT2D eigenvalue weighted by Gasteiger charge is -2.18. The Labute approximate surface area is 113 Å². The van der Waals surface area contributed by atoms with Crippen molar-refractivity contribution in [3.05, 3.63) is 64.7 Å². The summed E-state index contributed by atoms with van der Waals surface area (Å²) in [4.78, 5) is 3.89. The van der Waals surface area contributed by atoms with Crippen molar-refractivity contribution in [3.8, 4) is 0 Å². The van der Waals surface area contributed by atoms with E-state index in [9.17, 15) is 17.6 Å². The Bertz CT molecular complexity index is 623. The maximum atomic E-state index is 13.3. The maximum Gasteiger partial charge on any atom is 0.416 e. The molecule has 0 bridgehead atoms. The first kappa shape index (κ1) is 14.5. The summed E-state index contributed by atoms with van der Waals surface area (Å²) in [7, 11) is 0. The van der Waals surface area contributed by atoms with Gasteiger partial charge in [0.2, 0.25) is 0 Å². The Kier molecular flexibility index (Phi) is 3.76. The zero-order valence-corrected chi connectivity index (χ0v) is 10.6. The van der Waals surface area contributed by atoms with Crippen molar-refractivity contribution < 1.29 is 17.6 Å². The maximum absolute atomic E-state index is 13.3. The van der Waals surface area contributed by atoms with E-state index in [4.69, 9.17) is 5.73 Å². The van der Waals surface area contributed by atoms with Crippen LogP contribution in [0.15, 0.2) is 36.7 Å². The van der Waals surface area contributed by atoms with E-state index in [-0.39, 0.29) is 5.56 Å². The lowest BCUT2D eigenvalue weighted by molar-refractivity contribution is -0.138. The smallest absolute Gasteiger partial charge is 0.320 e. The van der Waals surface area contributed by atoms with Crippen molar-refractivity contribution in [1.82, 2.24) is 4.98 Å². The molecule has 2 N–H and O–H groups in total. The molecule has 1 unspecified atom stereocenters. The van der Waals surface area contributed by atoms with Crippen LogP contribution >= 0.6 is 0 Å². The molecule has 1 heterocycles. The topological polar surface area (TPSA) is 38.9 Å². The van der Waals surface area contributed by atoms with Gasteiger partial charge < -0.3 is 5.73 Å². The van der Waals surface area contributed by atoms with Gasteiger partial charge in [-0.3, -0.25) is 4.98 Å². The van der Waals surface area contributed by atoms with Gasteiger partial charge >= 0.3 is 6.18 Å². The number of hydrogen-bond donors (Lipinski definition) is 1. The van der Waals surface area contributed by atoms with Crippen molar-refractivity contribution in [2.75, 3.05) is 0 Å². The third kappa shape index (κ3) is 2.96. The first-order valence-corrected chi connectivity index (χ1v) is 5.83. The van der Waals surface area contributed by atoms with E-state index < -0.39 is 23.6 Å². The molecule has 106 valence electrons. The lowest BCUT2D eigenvalue weighted by atomic mass is 9.95. The van der Waals surface area contributed by atoms with E-state index in [2.05, 4.69) is 4.98 Å². The molecule has 20 heavy (non-hydrogen) atoms. The summed E-state index contributed by atoms with van der Waals surface area (Å²) in [6, 6.07) is 2.83. The Morgan fingerprint density at radius 2 is 1.85 bits per heavy atom. The number of aromatic nitrogens is 1. The molecule has 2 rings (SSSR count). The summed E-state index contributed by atoms with van der Waals surface area (Å²) in [6.07, 6.45) is -1.65. The van der Waals surface area contributed by atoms with Crippen molar-refractivity contribution in [2.45, 2.75) is 19.1 Å². The van der Waals surface area contributed by atoms with E-state index >= 15 is 0 Å². The Morgan fingerprint density at radius 1 is 1.15 bits per heavy atom. The molecule has 1 aromatic carbocycles. The molecule has 0 amide bonds. The zero-order chi connectivity index (χ0) is 14.9. The second-order valence-corrected chi connectivity index (χ2v) is 4.50. The van der Waals surface area contributed by atoms with Gasteiger partial charge in [0.1, 0.15) is 5.82 Å². The summed E-state index contributed by atoms with van der Waals surface area (Å²) in [5.74, 6) is -0.760. The standard InChI is InChI=1S/C14H12F4N2/c1-8-4-9(7-20-6-8)13(19)11-5-10(15)2-3-12(11)14(16,17)18/h2-7,13H,19H2,1H3. The highest BCUT2D eigenvalue weighted by Crippen LogP contribution is 2.36. The van der Waals surface area contributed by atoms with Gasteiger partial charge in [0.05, 0.1) is 11.6 Å². The van der Waals surface area contributed by atoms with Crippen LogP contribution in [0.3, 0.4) is 0 Å². The molecular formula is C14H12F4N2. The van der Waals surface area contributed by atoms with Gasteiger partial charge in [0, 0.05) is 12.4 Å². The fourth-order valence-corrected chi connectivity index (χ4v) is 1.98. The van der Waals surface area contributed by atoms with Gasteiger partial charge in [-0.25, -0.2) is 4.39 Å². The van der Waals surface area contributed by atoms with Crippen LogP contribution in [0.25, 0.3) is 0 Å². The van der Waals surface area contributed by atoms with Crippen LogP contribution in [0.2, 0.25) is 0 Å². The summed E-state index contributed by atoms with van der Waals surface area (Å²) >= 11 is 0. The number of benzene rings is 1. The SMILES string of the molecule is Cc1cncc(C(N)c2cc(F)ccc2C(F)(F)F)c1. The lowest BCUT2D eigenvalue weighted by Crippen LogP contribution is -2.19. The van der Waals surface area contributed by atoms with Crippen LogP contribution in [0, 0.1) is 12.7 Å². The van der Waals surface area contributed by atoms with Crippen molar-refractivity contribution in [3.63, 3.8) is 0 Å². The number of nitrogens with two attached hydrogens (primary N) is 1. The van der Waals surface area contributed by atoms with Crippen LogP contribution in [0.4, 0.5) is 17.6 Å². The summed E-state index contributed by atoms with van der Waals surface area (Å²) in [5, 5.41) is 0. The molecule has 2 aromatic rings. The Balaban J connectivity index is 2.54. The fourth-order valence-electron chi connectivity index (χ4n) is 1.98. The van der Waals surface area contributed by atoms with Crippen LogP contribution < -0.4 is 5.73 Å². The summed E-state index contributed by atoms with van der Waals surface area (Å²) in [5.41, 5.74) is 5.78. The van der Waals surface area contributed by atoms with Gasteiger partial charge in [-0.2, -0.15) is 13.2 Å². The highest BCUT2D eigenvalue weighted by Gasteiger charge is 2.35. The molecule has 2 nitrogen and oxygen atoms in total. The minimum atomic E-state index is -4.59. The van der Waals surface area contributed by atoms with Gasteiger partial charge in [-0.15, -0.1) is 0 Å². The highest BCUT2D eigenvalue weighted by molar-refractivity contribution is 5.39. The molecule has 1 atom stereocenters. The summed E-state index contributed by atoms with van der Waals surface area (Å²) < 4.78 is 52.1. The number of aryl methyl sites for hydroxylation is 1. The van der Waals surface area contributed by atoms with E-state index in [0.717, 1.165) is 17.7 Å². The van der Waals surface area contributed by atoms with Crippen LogP contribution in [-0.4, -0.2) is 4.98 Å². The van der Waals surface area contributed by atoms with E-state index in [1.807, 2.05) is 0 Å². The first-order valence-electron chi connectivity index (χ1n) is 5.83. The Morgan fingerprint density at radius 3 is 2.45 bits per heavy atom. The number of pyridine rings is 1. The second kappa shape index (κ2) is 5.20. The van der Waals surface area contributed by atoms with E-state index in [0.29, 0.717) is 11.6 Å². The first-order chi connectivity index (χ1) is 9.29. The van der Waals surface area contributed by atoms with Gasteiger partial charge in [-0.05, 0) is 41.8 Å². The molecule has 0 aliphatic heterocycles. The molecule has 6 heteroatoms. The average molecular weight is 284 g/mol. The number of nitrogens with zero attached hydrogens (tertiary/aromatic N) is 1. The normalized spacial score (nSPS) is 13.3. The quantitative estimate of drug-likeness (QED) is 0.856. The van der Waals surface area contributed by atoms with Gasteiger partial charge in [0.25, 0.3) is 0 Å². The highest BCUT2D eigenvalue weighted by atomic mass is 19.4. The molecule has 0 saturated heterocycles. The number of rotatable bonds is 2. The number of halogens is 4. The predicted molar refractivity (Wildman–Crippen MR) is 66.4 cm³/mol. The molecule has 0 fully saturated rings. The van der Waals surface area contributed by atoms with E-state index in [1.165, 1.54) is 6.20 Å². The molecule has 0 aliphatic rings.